The SMILES string of the molecule is C[N+](C)(C)CCON1CCCCC1. The maximum atomic E-state index is 5.68. The van der Waals surface area contributed by atoms with Gasteiger partial charge in [0, 0.05) is 13.1 Å². The van der Waals surface area contributed by atoms with Crippen molar-refractivity contribution in [2.24, 2.45) is 0 Å². The smallest absolute Gasteiger partial charge is 0.117 e. The van der Waals surface area contributed by atoms with Gasteiger partial charge in [-0.3, -0.25) is 4.84 Å². The lowest BCUT2D eigenvalue weighted by atomic mass is 10.2. The predicted octanol–water partition coefficient (Wildman–Crippen LogP) is 1.11. The molecule has 0 atom stereocenters. The van der Waals surface area contributed by atoms with Crippen molar-refractivity contribution in [2.75, 3.05) is 47.4 Å². The molecule has 0 bridgehead atoms. The third-order valence-electron chi connectivity index (χ3n) is 2.35. The van der Waals surface area contributed by atoms with Crippen molar-refractivity contribution in [3.63, 3.8) is 0 Å². The Labute approximate surface area is 81.8 Å². The van der Waals surface area contributed by atoms with Gasteiger partial charge in [-0.2, -0.15) is 5.06 Å². The number of hydroxylamine groups is 2. The summed E-state index contributed by atoms with van der Waals surface area (Å²) in [5, 5.41) is 2.12. The molecule has 0 amide bonds. The van der Waals surface area contributed by atoms with Crippen molar-refractivity contribution in [3.05, 3.63) is 0 Å². The van der Waals surface area contributed by atoms with Crippen molar-refractivity contribution in [1.29, 1.82) is 0 Å². The fourth-order valence-electron chi connectivity index (χ4n) is 1.44. The number of rotatable bonds is 4. The Morgan fingerprint density at radius 1 is 1.08 bits per heavy atom. The van der Waals surface area contributed by atoms with Crippen molar-refractivity contribution >= 4 is 0 Å². The highest BCUT2D eigenvalue weighted by Crippen LogP contribution is 2.08. The predicted molar refractivity (Wildman–Crippen MR) is 54.3 cm³/mol. The normalized spacial score (nSPS) is 20.5. The van der Waals surface area contributed by atoms with Gasteiger partial charge in [-0.25, -0.2) is 0 Å². The van der Waals surface area contributed by atoms with E-state index in [9.17, 15) is 0 Å². The standard InChI is InChI=1S/C10H23N2O/c1-12(2,3)9-10-13-11-7-5-4-6-8-11/h4-10H2,1-3H3/q+1. The molecular formula is C10H23N2O+. The molecule has 0 radical (unpaired) electrons. The zero-order chi connectivity index (χ0) is 9.73. The van der Waals surface area contributed by atoms with E-state index in [2.05, 4.69) is 26.2 Å². The molecule has 1 saturated heterocycles. The Morgan fingerprint density at radius 2 is 1.69 bits per heavy atom. The van der Waals surface area contributed by atoms with Gasteiger partial charge >= 0.3 is 0 Å². The van der Waals surface area contributed by atoms with E-state index in [0.29, 0.717) is 0 Å². The number of hydrogen-bond donors (Lipinski definition) is 0. The van der Waals surface area contributed by atoms with Crippen LogP contribution in [0.5, 0.6) is 0 Å². The molecule has 0 aromatic carbocycles. The van der Waals surface area contributed by atoms with Crippen LogP contribution in [0.3, 0.4) is 0 Å². The number of hydrogen-bond acceptors (Lipinski definition) is 2. The van der Waals surface area contributed by atoms with Crippen molar-refractivity contribution < 1.29 is 9.32 Å². The van der Waals surface area contributed by atoms with Crippen LogP contribution in [0.15, 0.2) is 0 Å². The molecule has 1 heterocycles. The van der Waals surface area contributed by atoms with Crippen molar-refractivity contribution in [1.82, 2.24) is 5.06 Å². The van der Waals surface area contributed by atoms with Gasteiger partial charge in [0.05, 0.1) is 21.1 Å². The number of piperidine rings is 1. The lowest BCUT2D eigenvalue weighted by Gasteiger charge is -2.28. The summed E-state index contributed by atoms with van der Waals surface area (Å²) < 4.78 is 0.980. The van der Waals surface area contributed by atoms with Crippen molar-refractivity contribution in [3.8, 4) is 0 Å². The third kappa shape index (κ3) is 5.24. The van der Waals surface area contributed by atoms with Crippen LogP contribution in [-0.2, 0) is 4.84 Å². The molecule has 78 valence electrons. The lowest BCUT2D eigenvalue weighted by molar-refractivity contribution is -0.871. The molecule has 0 aliphatic carbocycles. The summed E-state index contributed by atoms with van der Waals surface area (Å²) in [5.41, 5.74) is 0. The second-order valence-electron chi connectivity index (χ2n) is 4.84. The van der Waals surface area contributed by atoms with E-state index in [0.717, 1.165) is 30.7 Å². The van der Waals surface area contributed by atoms with Crippen LogP contribution in [0.4, 0.5) is 0 Å². The highest BCUT2D eigenvalue weighted by atomic mass is 16.7. The fraction of sp³-hybridized carbons (Fsp3) is 1.00. The summed E-state index contributed by atoms with van der Waals surface area (Å²) in [5.74, 6) is 0. The van der Waals surface area contributed by atoms with Gasteiger partial charge in [0.2, 0.25) is 0 Å². The van der Waals surface area contributed by atoms with E-state index in [4.69, 9.17) is 4.84 Å². The summed E-state index contributed by atoms with van der Waals surface area (Å²) in [6.07, 6.45) is 3.96. The number of likely N-dealkylation sites (N-methyl/N-ethyl adjacent to an activating group) is 1. The highest BCUT2D eigenvalue weighted by Gasteiger charge is 2.12. The quantitative estimate of drug-likeness (QED) is 0.611. The van der Waals surface area contributed by atoms with Crippen molar-refractivity contribution in [2.45, 2.75) is 19.3 Å². The lowest BCUT2D eigenvalue weighted by Crippen LogP contribution is -2.40. The highest BCUT2D eigenvalue weighted by molar-refractivity contribution is 4.56. The third-order valence-corrected chi connectivity index (χ3v) is 2.35. The van der Waals surface area contributed by atoms with Crippen LogP contribution in [0.2, 0.25) is 0 Å². The second kappa shape index (κ2) is 4.94. The Morgan fingerprint density at radius 3 is 2.23 bits per heavy atom. The fourth-order valence-corrected chi connectivity index (χ4v) is 1.44. The Bertz CT molecular complexity index is 136. The van der Waals surface area contributed by atoms with Crippen LogP contribution in [-0.4, -0.2) is 56.9 Å². The Kier molecular flexibility index (Phi) is 4.16. The second-order valence-corrected chi connectivity index (χ2v) is 4.84. The Balaban J connectivity index is 2.04. The van der Waals surface area contributed by atoms with Gasteiger partial charge in [-0.15, -0.1) is 0 Å². The molecule has 0 aromatic heterocycles. The first-order chi connectivity index (χ1) is 6.08. The minimum absolute atomic E-state index is 0.851. The molecule has 3 heteroatoms. The van der Waals surface area contributed by atoms with Crippen LogP contribution < -0.4 is 0 Å². The maximum absolute atomic E-state index is 5.68. The van der Waals surface area contributed by atoms with E-state index in [1.165, 1.54) is 19.3 Å². The molecule has 1 aliphatic heterocycles. The summed E-state index contributed by atoms with van der Waals surface area (Å²) in [6, 6.07) is 0. The van der Waals surface area contributed by atoms with E-state index >= 15 is 0 Å². The maximum Gasteiger partial charge on any atom is 0.117 e. The Hall–Kier alpha value is -0.120. The number of nitrogens with zero attached hydrogens (tertiary/aromatic N) is 2. The van der Waals surface area contributed by atoms with Crippen LogP contribution in [0.1, 0.15) is 19.3 Å². The molecule has 1 rings (SSSR count). The minimum atomic E-state index is 0.851. The van der Waals surface area contributed by atoms with Gasteiger partial charge < -0.3 is 4.48 Å². The first-order valence-corrected chi connectivity index (χ1v) is 5.26. The minimum Gasteiger partial charge on any atom is -0.329 e. The molecular weight excluding hydrogens is 164 g/mol. The zero-order valence-corrected chi connectivity index (χ0v) is 9.25. The van der Waals surface area contributed by atoms with Gasteiger partial charge in [0.1, 0.15) is 13.2 Å². The summed E-state index contributed by atoms with van der Waals surface area (Å²) in [7, 11) is 6.58. The molecule has 1 fully saturated rings. The summed E-state index contributed by atoms with van der Waals surface area (Å²) in [6.45, 7) is 4.17. The molecule has 3 nitrogen and oxygen atoms in total. The first-order valence-electron chi connectivity index (χ1n) is 5.26. The van der Waals surface area contributed by atoms with Gasteiger partial charge in [0.15, 0.2) is 0 Å². The van der Waals surface area contributed by atoms with E-state index in [-0.39, 0.29) is 0 Å². The van der Waals surface area contributed by atoms with E-state index < -0.39 is 0 Å². The molecule has 0 N–H and O–H groups in total. The van der Waals surface area contributed by atoms with Gasteiger partial charge in [-0.1, -0.05) is 6.42 Å². The molecule has 0 spiro atoms. The summed E-state index contributed by atoms with van der Waals surface area (Å²) in [4.78, 5) is 5.68. The van der Waals surface area contributed by atoms with Gasteiger partial charge in [0.25, 0.3) is 0 Å². The molecule has 0 aromatic rings. The number of quaternary nitrogens is 1. The van der Waals surface area contributed by atoms with E-state index in [1.807, 2.05) is 0 Å². The molecule has 0 saturated carbocycles. The first kappa shape index (κ1) is 11.0. The molecule has 0 unspecified atom stereocenters. The monoisotopic (exact) mass is 187 g/mol. The van der Waals surface area contributed by atoms with E-state index in [1.54, 1.807) is 0 Å². The molecule has 1 aliphatic rings. The van der Waals surface area contributed by atoms with Crippen LogP contribution >= 0.6 is 0 Å². The zero-order valence-electron chi connectivity index (χ0n) is 9.25. The largest absolute Gasteiger partial charge is 0.329 e. The van der Waals surface area contributed by atoms with Gasteiger partial charge in [-0.05, 0) is 12.8 Å². The topological polar surface area (TPSA) is 12.5 Å². The van der Waals surface area contributed by atoms with Crippen LogP contribution in [0, 0.1) is 0 Å². The molecule has 13 heavy (non-hydrogen) atoms. The average molecular weight is 187 g/mol. The average Bonchev–Trinajstić information content (AvgIpc) is 2.04. The summed E-state index contributed by atoms with van der Waals surface area (Å²) >= 11 is 0. The van der Waals surface area contributed by atoms with Crippen LogP contribution in [0.25, 0.3) is 0 Å².